The lowest BCUT2D eigenvalue weighted by molar-refractivity contribution is -0.122. The Kier molecular flexibility index (Phi) is 5.32. The molecule has 4 rings (SSSR count). The summed E-state index contributed by atoms with van der Waals surface area (Å²) in [7, 11) is -3.78. The molecule has 2 heterocycles. The van der Waals surface area contributed by atoms with Gasteiger partial charge in [0.25, 0.3) is 5.91 Å². The zero-order valence-corrected chi connectivity index (χ0v) is 17.7. The van der Waals surface area contributed by atoms with E-state index >= 15 is 0 Å². The van der Waals surface area contributed by atoms with Crippen LogP contribution in [-0.4, -0.2) is 31.5 Å². The van der Waals surface area contributed by atoms with Gasteiger partial charge in [-0.3, -0.25) is 10.1 Å². The van der Waals surface area contributed by atoms with Gasteiger partial charge < -0.3 is 9.92 Å². The van der Waals surface area contributed by atoms with Crippen LogP contribution in [0.4, 0.5) is 13.2 Å². The molecule has 1 aliphatic rings. The van der Waals surface area contributed by atoms with Gasteiger partial charge >= 0.3 is 10.1 Å². The highest BCUT2D eigenvalue weighted by Crippen LogP contribution is 2.40. The van der Waals surface area contributed by atoms with E-state index in [1.807, 2.05) is 0 Å². The maximum atomic E-state index is 14.6. The molecule has 0 spiro atoms. The molecule has 3 N–H and O–H groups in total. The summed E-state index contributed by atoms with van der Waals surface area (Å²) in [4.78, 5) is 20.3. The van der Waals surface area contributed by atoms with Gasteiger partial charge in [-0.05, 0) is 47.5 Å². The summed E-state index contributed by atoms with van der Waals surface area (Å²) < 4.78 is 69.6. The van der Waals surface area contributed by atoms with Gasteiger partial charge in [0.2, 0.25) is 11.9 Å². The lowest BCUT2D eigenvalue weighted by Crippen LogP contribution is -2.39. The van der Waals surface area contributed by atoms with Crippen LogP contribution in [0, 0.1) is 17.7 Å². The van der Waals surface area contributed by atoms with E-state index in [0.717, 1.165) is 24.5 Å². The number of rotatable bonds is 5. The van der Waals surface area contributed by atoms with Crippen molar-refractivity contribution in [3.63, 3.8) is 0 Å². The first-order valence-electron chi connectivity index (χ1n) is 9.29. The summed E-state index contributed by atoms with van der Waals surface area (Å²) in [6.45, 7) is 0. The first-order valence-corrected chi connectivity index (χ1v) is 11.1. The number of halogens is 3. The third-order valence-corrected chi connectivity index (χ3v) is 5.36. The smallest absolute Gasteiger partial charge is 0.306 e. The lowest BCUT2D eigenvalue weighted by Gasteiger charge is -2.25. The van der Waals surface area contributed by atoms with Gasteiger partial charge in [-0.1, -0.05) is 18.2 Å². The molecule has 170 valence electrons. The average molecular weight is 476 g/mol. The highest BCUT2D eigenvalue weighted by molar-refractivity contribution is 7.86. The van der Waals surface area contributed by atoms with Gasteiger partial charge in [0.05, 0.1) is 6.26 Å². The molecule has 8 nitrogen and oxygen atoms in total. The van der Waals surface area contributed by atoms with Gasteiger partial charge in [0.15, 0.2) is 11.5 Å². The largest absolute Gasteiger partial charge is 0.383 e. The minimum atomic E-state index is -3.78. The summed E-state index contributed by atoms with van der Waals surface area (Å²) in [6, 6.07) is 10.8. The van der Waals surface area contributed by atoms with Crippen LogP contribution >= 0.6 is 0 Å². The molecule has 0 saturated carbocycles. The number of amides is 1. The first-order chi connectivity index (χ1) is 15.5. The predicted molar refractivity (Wildman–Crippen MR) is 112 cm³/mol. The Morgan fingerprint density at radius 2 is 1.64 bits per heavy atom. The van der Waals surface area contributed by atoms with Crippen molar-refractivity contribution in [1.29, 1.82) is 0 Å². The van der Waals surface area contributed by atoms with E-state index in [9.17, 15) is 26.4 Å². The van der Waals surface area contributed by atoms with Crippen molar-refractivity contribution in [3.8, 4) is 16.9 Å². The van der Waals surface area contributed by atoms with E-state index in [1.165, 1.54) is 36.4 Å². The molecule has 12 heteroatoms. The number of nitrogens with one attached hydrogen (secondary N) is 1. The van der Waals surface area contributed by atoms with Crippen LogP contribution < -0.4 is 15.2 Å². The zero-order chi connectivity index (χ0) is 24.0. The van der Waals surface area contributed by atoms with Gasteiger partial charge in [-0.15, -0.1) is 0 Å². The first kappa shape index (κ1) is 22.3. The van der Waals surface area contributed by atoms with E-state index in [2.05, 4.69) is 15.3 Å². The number of aliphatic imine (C=N–C) groups is 1. The normalized spacial score (nSPS) is 18.1. The predicted octanol–water partition coefficient (Wildman–Crippen LogP) is 2.19. The van der Waals surface area contributed by atoms with Crippen LogP contribution in [0.3, 0.4) is 0 Å². The molecule has 1 aromatic heterocycles. The summed E-state index contributed by atoms with van der Waals surface area (Å²) in [5, 5.41) is 2.38. The second kappa shape index (κ2) is 7.89. The number of pyridine rings is 1. The Hall–Kier alpha value is -3.93. The Morgan fingerprint density at radius 1 is 0.970 bits per heavy atom. The molecule has 0 fully saturated rings. The fraction of sp³-hybridized carbons (Fsp3) is 0.0952. The number of guanidine groups is 1. The highest BCUT2D eigenvalue weighted by atomic mass is 32.2. The summed E-state index contributed by atoms with van der Waals surface area (Å²) in [5.74, 6) is -4.04. The molecule has 0 radical (unpaired) electrons. The van der Waals surface area contributed by atoms with Crippen LogP contribution in [0.15, 0.2) is 59.6 Å². The molecule has 2 aromatic carbocycles. The van der Waals surface area contributed by atoms with Crippen molar-refractivity contribution in [1.82, 2.24) is 10.3 Å². The Morgan fingerprint density at radius 3 is 2.21 bits per heavy atom. The Labute approximate surface area is 186 Å². The van der Waals surface area contributed by atoms with Crippen molar-refractivity contribution < 1.29 is 30.6 Å². The number of hydrogen-bond acceptors (Lipinski definition) is 7. The standard InChI is InChI=1S/C21H15F3N4O4S/c1-33(30,31)32-13-5-2-11(3-6-13)21(19(29)27-20(25)28-21)12-4-8-16(22)15(10-12)14-7-9-17(23)26-18(14)24/h2-10H,1H3,(H3,25,27,28,29). The zero-order valence-electron chi connectivity index (χ0n) is 16.8. The fourth-order valence-corrected chi connectivity index (χ4v) is 3.98. The maximum Gasteiger partial charge on any atom is 0.306 e. The van der Waals surface area contributed by atoms with Gasteiger partial charge in [0.1, 0.15) is 11.6 Å². The van der Waals surface area contributed by atoms with E-state index < -0.39 is 39.3 Å². The summed E-state index contributed by atoms with van der Waals surface area (Å²) in [5.41, 5.74) is 3.72. The molecule has 1 aliphatic heterocycles. The SMILES string of the molecule is CS(=O)(=O)Oc1ccc(C2(c3ccc(F)c(-c4ccc(F)nc4F)c3)N=C(N)NC2=O)cc1. The minimum Gasteiger partial charge on any atom is -0.383 e. The van der Waals surface area contributed by atoms with E-state index in [-0.39, 0.29) is 34.0 Å². The van der Waals surface area contributed by atoms with Crippen LogP contribution in [0.1, 0.15) is 11.1 Å². The summed E-state index contributed by atoms with van der Waals surface area (Å²) in [6.07, 6.45) is 0.876. The molecule has 0 saturated heterocycles. The number of nitrogens with zero attached hydrogens (tertiary/aromatic N) is 2. The number of hydrogen-bond donors (Lipinski definition) is 2. The average Bonchev–Trinajstić information content (AvgIpc) is 3.03. The number of benzene rings is 2. The molecule has 3 aromatic rings. The van der Waals surface area contributed by atoms with Crippen LogP contribution in [0.25, 0.3) is 11.1 Å². The van der Waals surface area contributed by atoms with Crippen molar-refractivity contribution in [2.75, 3.05) is 6.26 Å². The van der Waals surface area contributed by atoms with Crippen LogP contribution in [-0.2, 0) is 20.5 Å². The maximum absolute atomic E-state index is 14.6. The van der Waals surface area contributed by atoms with Crippen molar-refractivity contribution in [2.24, 2.45) is 10.7 Å². The van der Waals surface area contributed by atoms with Crippen LogP contribution in [0.2, 0.25) is 0 Å². The molecular weight excluding hydrogens is 461 g/mol. The number of carbonyl (C=O) groups is 1. The third-order valence-electron chi connectivity index (χ3n) is 4.87. The van der Waals surface area contributed by atoms with Crippen molar-refractivity contribution >= 4 is 22.0 Å². The monoisotopic (exact) mass is 476 g/mol. The highest BCUT2D eigenvalue weighted by Gasteiger charge is 2.47. The van der Waals surface area contributed by atoms with E-state index in [0.29, 0.717) is 0 Å². The van der Waals surface area contributed by atoms with E-state index in [1.54, 1.807) is 0 Å². The molecule has 1 amide bonds. The van der Waals surface area contributed by atoms with E-state index in [4.69, 9.17) is 9.92 Å². The minimum absolute atomic E-state index is 0.00832. The van der Waals surface area contributed by atoms with Crippen molar-refractivity contribution in [2.45, 2.75) is 5.54 Å². The van der Waals surface area contributed by atoms with Gasteiger partial charge in [-0.25, -0.2) is 9.38 Å². The topological polar surface area (TPSA) is 124 Å². The van der Waals surface area contributed by atoms with Gasteiger partial charge in [0, 0.05) is 11.1 Å². The molecule has 0 bridgehead atoms. The molecule has 1 atom stereocenters. The van der Waals surface area contributed by atoms with Crippen LogP contribution in [0.5, 0.6) is 5.75 Å². The second-order valence-corrected chi connectivity index (χ2v) is 8.72. The Balaban J connectivity index is 1.88. The molecular formula is C21H15F3N4O4S. The van der Waals surface area contributed by atoms with Crippen molar-refractivity contribution in [3.05, 3.63) is 83.4 Å². The number of aromatic nitrogens is 1. The fourth-order valence-electron chi connectivity index (χ4n) is 3.52. The van der Waals surface area contributed by atoms with Gasteiger partial charge in [-0.2, -0.15) is 22.2 Å². The third kappa shape index (κ3) is 4.12. The molecule has 0 aliphatic carbocycles. The molecule has 1 unspecified atom stereocenters. The number of carbonyl (C=O) groups excluding carboxylic acids is 1. The summed E-state index contributed by atoms with van der Waals surface area (Å²) >= 11 is 0. The molecule has 33 heavy (non-hydrogen) atoms. The Bertz CT molecular complexity index is 1410. The number of nitrogens with two attached hydrogens (primary N) is 1. The lowest BCUT2D eigenvalue weighted by atomic mass is 9.82. The quantitative estimate of drug-likeness (QED) is 0.430. The second-order valence-electron chi connectivity index (χ2n) is 7.14.